The number of nitrogens with zero attached hydrogens (tertiary/aromatic N) is 1. The lowest BCUT2D eigenvalue weighted by Gasteiger charge is -2.13. The van der Waals surface area contributed by atoms with Crippen molar-refractivity contribution < 1.29 is 8.42 Å². The Labute approximate surface area is 132 Å². The van der Waals surface area contributed by atoms with Gasteiger partial charge < -0.3 is 4.90 Å². The van der Waals surface area contributed by atoms with Crippen LogP contribution >= 0.6 is 34.5 Å². The molecular formula is C12H12Cl2N2O2S2. The molecule has 0 spiro atoms. The first-order valence-electron chi connectivity index (χ1n) is 5.54. The van der Waals surface area contributed by atoms with Gasteiger partial charge in [-0.25, -0.2) is 8.42 Å². The van der Waals surface area contributed by atoms with E-state index in [1.165, 1.54) is 6.07 Å². The summed E-state index contributed by atoms with van der Waals surface area (Å²) in [6, 6.07) is 8.39. The topological polar surface area (TPSA) is 49.4 Å². The predicted octanol–water partition coefficient (Wildman–Crippen LogP) is 3.92. The minimum atomic E-state index is -3.66. The van der Waals surface area contributed by atoms with E-state index < -0.39 is 10.0 Å². The number of hydrogen-bond acceptors (Lipinski definition) is 4. The molecule has 0 amide bonds. The van der Waals surface area contributed by atoms with E-state index in [4.69, 9.17) is 23.2 Å². The molecule has 1 heterocycles. The lowest BCUT2D eigenvalue weighted by atomic mass is 10.3. The molecule has 0 unspecified atom stereocenters. The van der Waals surface area contributed by atoms with E-state index in [2.05, 4.69) is 4.72 Å². The number of anilines is 2. The van der Waals surface area contributed by atoms with E-state index in [1.807, 2.05) is 31.1 Å². The first-order chi connectivity index (χ1) is 9.29. The van der Waals surface area contributed by atoms with Crippen LogP contribution in [0.1, 0.15) is 0 Å². The maximum absolute atomic E-state index is 12.2. The average molecular weight is 351 g/mol. The molecule has 0 aliphatic rings. The number of benzene rings is 1. The molecule has 0 atom stereocenters. The van der Waals surface area contributed by atoms with Crippen LogP contribution in [-0.2, 0) is 10.0 Å². The zero-order chi connectivity index (χ0) is 14.9. The third-order valence-electron chi connectivity index (χ3n) is 2.52. The first kappa shape index (κ1) is 15.4. The molecular weight excluding hydrogens is 339 g/mol. The summed E-state index contributed by atoms with van der Waals surface area (Å²) in [5, 5.41) is 0.236. The zero-order valence-corrected chi connectivity index (χ0v) is 13.9. The molecule has 1 aromatic heterocycles. The van der Waals surface area contributed by atoms with E-state index in [0.29, 0.717) is 5.69 Å². The summed E-state index contributed by atoms with van der Waals surface area (Å²) in [5.74, 6) is 0. The van der Waals surface area contributed by atoms with Gasteiger partial charge >= 0.3 is 0 Å². The van der Waals surface area contributed by atoms with Crippen molar-refractivity contribution >= 4 is 55.9 Å². The van der Waals surface area contributed by atoms with E-state index in [-0.39, 0.29) is 13.6 Å². The number of rotatable bonds is 4. The van der Waals surface area contributed by atoms with Gasteiger partial charge in [0.25, 0.3) is 10.0 Å². The Balaban J connectivity index is 2.24. The number of thiophene rings is 1. The molecule has 0 bridgehead atoms. The van der Waals surface area contributed by atoms with Gasteiger partial charge in [0.1, 0.15) is 8.55 Å². The molecule has 0 aliphatic heterocycles. The van der Waals surface area contributed by atoms with Gasteiger partial charge in [0, 0.05) is 25.5 Å². The lowest BCUT2D eigenvalue weighted by molar-refractivity contribution is 0.603. The summed E-state index contributed by atoms with van der Waals surface area (Å²) < 4.78 is 27.1. The smallest absolute Gasteiger partial charge is 0.271 e. The molecule has 108 valence electrons. The highest BCUT2D eigenvalue weighted by Gasteiger charge is 2.19. The van der Waals surface area contributed by atoms with Crippen molar-refractivity contribution in [3.05, 3.63) is 39.7 Å². The number of halogens is 2. The predicted molar refractivity (Wildman–Crippen MR) is 85.9 cm³/mol. The molecule has 20 heavy (non-hydrogen) atoms. The summed E-state index contributed by atoms with van der Waals surface area (Å²) in [5.41, 5.74) is 1.46. The van der Waals surface area contributed by atoms with Crippen LogP contribution in [0.3, 0.4) is 0 Å². The normalized spacial score (nSPS) is 11.4. The van der Waals surface area contributed by atoms with Crippen molar-refractivity contribution in [3.8, 4) is 0 Å². The van der Waals surface area contributed by atoms with Crippen LogP contribution in [0, 0.1) is 0 Å². The van der Waals surface area contributed by atoms with Crippen molar-refractivity contribution in [1.29, 1.82) is 0 Å². The zero-order valence-electron chi connectivity index (χ0n) is 10.7. The van der Waals surface area contributed by atoms with Crippen LogP contribution < -0.4 is 9.62 Å². The van der Waals surface area contributed by atoms with Crippen LogP contribution in [0.2, 0.25) is 9.36 Å². The van der Waals surface area contributed by atoms with E-state index in [1.54, 1.807) is 12.1 Å². The minimum Gasteiger partial charge on any atom is -0.378 e. The maximum atomic E-state index is 12.2. The van der Waals surface area contributed by atoms with Crippen LogP contribution in [0.25, 0.3) is 0 Å². The number of hydrogen-bond donors (Lipinski definition) is 1. The molecule has 0 radical (unpaired) electrons. The summed E-state index contributed by atoms with van der Waals surface area (Å²) >= 11 is 12.5. The molecule has 0 aliphatic carbocycles. The van der Waals surface area contributed by atoms with Crippen molar-refractivity contribution in [3.63, 3.8) is 0 Å². The van der Waals surface area contributed by atoms with Gasteiger partial charge in [0.15, 0.2) is 0 Å². The van der Waals surface area contributed by atoms with E-state index >= 15 is 0 Å². The molecule has 2 aromatic rings. The average Bonchev–Trinajstić information content (AvgIpc) is 2.71. The fourth-order valence-electron chi connectivity index (χ4n) is 1.49. The van der Waals surface area contributed by atoms with Gasteiger partial charge in [-0.05, 0) is 30.3 Å². The summed E-state index contributed by atoms with van der Waals surface area (Å²) in [6.07, 6.45) is 0. The van der Waals surface area contributed by atoms with Gasteiger partial charge in [0.2, 0.25) is 0 Å². The van der Waals surface area contributed by atoms with E-state index in [0.717, 1.165) is 17.0 Å². The van der Waals surface area contributed by atoms with Crippen LogP contribution in [-0.4, -0.2) is 22.5 Å². The Morgan fingerprint density at radius 3 is 2.20 bits per heavy atom. The van der Waals surface area contributed by atoms with Crippen LogP contribution in [0.15, 0.2) is 34.5 Å². The highest BCUT2D eigenvalue weighted by molar-refractivity contribution is 7.94. The monoisotopic (exact) mass is 350 g/mol. The van der Waals surface area contributed by atoms with Gasteiger partial charge in [-0.3, -0.25) is 4.72 Å². The van der Waals surface area contributed by atoms with Gasteiger partial charge in [-0.1, -0.05) is 23.2 Å². The molecule has 0 saturated carbocycles. The molecule has 1 aromatic carbocycles. The number of sulfonamides is 1. The lowest BCUT2D eigenvalue weighted by Crippen LogP contribution is -2.12. The fraction of sp³-hybridized carbons (Fsp3) is 0.167. The fourth-order valence-corrected chi connectivity index (χ4v) is 4.43. The maximum Gasteiger partial charge on any atom is 0.271 e. The van der Waals surface area contributed by atoms with Crippen molar-refractivity contribution in [2.24, 2.45) is 0 Å². The van der Waals surface area contributed by atoms with Crippen LogP contribution in [0.4, 0.5) is 11.4 Å². The second kappa shape index (κ2) is 5.81. The quantitative estimate of drug-likeness (QED) is 0.908. The Morgan fingerprint density at radius 2 is 1.75 bits per heavy atom. The van der Waals surface area contributed by atoms with Crippen molar-refractivity contribution in [2.75, 3.05) is 23.7 Å². The molecule has 1 N–H and O–H groups in total. The van der Waals surface area contributed by atoms with Gasteiger partial charge in [0.05, 0.1) is 5.02 Å². The van der Waals surface area contributed by atoms with Gasteiger partial charge in [-0.2, -0.15) is 0 Å². The Morgan fingerprint density at radius 1 is 1.15 bits per heavy atom. The SMILES string of the molecule is CN(C)c1ccc(NS(=O)(=O)c2cc(Cl)c(Cl)s2)cc1. The van der Waals surface area contributed by atoms with Crippen LogP contribution in [0.5, 0.6) is 0 Å². The molecule has 4 nitrogen and oxygen atoms in total. The molecule has 0 fully saturated rings. The Bertz CT molecular complexity index is 690. The van der Waals surface area contributed by atoms with Gasteiger partial charge in [-0.15, -0.1) is 11.3 Å². The van der Waals surface area contributed by atoms with Crippen molar-refractivity contribution in [1.82, 2.24) is 0 Å². The highest BCUT2D eigenvalue weighted by atomic mass is 35.5. The van der Waals surface area contributed by atoms with Crippen molar-refractivity contribution in [2.45, 2.75) is 4.21 Å². The highest BCUT2D eigenvalue weighted by Crippen LogP contribution is 2.35. The summed E-state index contributed by atoms with van der Waals surface area (Å²) in [7, 11) is 0.161. The first-order valence-corrected chi connectivity index (χ1v) is 8.60. The number of nitrogens with one attached hydrogen (secondary N) is 1. The van der Waals surface area contributed by atoms with E-state index in [9.17, 15) is 8.42 Å². The molecule has 2 rings (SSSR count). The molecule has 0 saturated heterocycles. The second-order valence-corrected chi connectivity index (χ2v) is 8.20. The second-order valence-electron chi connectivity index (χ2n) is 4.23. The Kier molecular flexibility index (Phi) is 4.49. The minimum absolute atomic E-state index is 0.0872. The third-order valence-corrected chi connectivity index (χ3v) is 6.24. The Hall–Kier alpha value is -0.950. The summed E-state index contributed by atoms with van der Waals surface area (Å²) in [6.45, 7) is 0. The summed E-state index contributed by atoms with van der Waals surface area (Å²) in [4.78, 5) is 1.93. The largest absolute Gasteiger partial charge is 0.378 e. The standard InChI is InChI=1S/C12H12Cl2N2O2S2/c1-16(2)9-5-3-8(4-6-9)15-20(17,18)11-7-10(13)12(14)19-11/h3-7,15H,1-2H3. The molecule has 8 heteroatoms. The third kappa shape index (κ3) is 3.38.